The molecule has 0 radical (unpaired) electrons. The molecule has 4 nitrogen and oxygen atoms in total. The number of carbonyl (C=O) groups excluding carboxylic acids is 2. The molecule has 0 aromatic carbocycles. The predicted octanol–water partition coefficient (Wildman–Crippen LogP) is -0.921. The molecule has 0 aliphatic heterocycles. The van der Waals surface area contributed by atoms with E-state index in [1.165, 1.54) is 0 Å². The van der Waals surface area contributed by atoms with Crippen LogP contribution in [-0.2, 0) is 9.59 Å². The van der Waals surface area contributed by atoms with Crippen molar-refractivity contribution in [2.45, 2.75) is 12.2 Å². The number of hydrogen-bond acceptors (Lipinski definition) is 3. The third kappa shape index (κ3) is 4.20. The lowest BCUT2D eigenvalue weighted by Crippen LogP contribution is -2.25. The van der Waals surface area contributed by atoms with Crippen molar-refractivity contribution >= 4 is 23.6 Å². The van der Waals surface area contributed by atoms with Gasteiger partial charge in [0.1, 0.15) is 0 Å². The Hall–Kier alpha value is -0.710. The SMILES string of the molecule is CC(SCC(N)=O)C(N)=O. The van der Waals surface area contributed by atoms with Gasteiger partial charge in [0.25, 0.3) is 0 Å². The van der Waals surface area contributed by atoms with Crippen LogP contribution in [0, 0.1) is 0 Å². The highest BCUT2D eigenvalue weighted by Crippen LogP contribution is 2.07. The second-order valence-corrected chi connectivity index (χ2v) is 3.15. The lowest BCUT2D eigenvalue weighted by molar-refractivity contribution is -0.117. The van der Waals surface area contributed by atoms with E-state index in [-0.39, 0.29) is 11.0 Å². The summed E-state index contributed by atoms with van der Waals surface area (Å²) in [5.74, 6) is -0.714. The fourth-order valence-corrected chi connectivity index (χ4v) is 0.868. The first-order valence-electron chi connectivity index (χ1n) is 2.73. The number of hydrogen-bond donors (Lipinski definition) is 2. The molecule has 0 saturated heterocycles. The van der Waals surface area contributed by atoms with Gasteiger partial charge in [-0.15, -0.1) is 11.8 Å². The molecule has 4 N–H and O–H groups in total. The predicted molar refractivity (Wildman–Crippen MR) is 40.3 cm³/mol. The van der Waals surface area contributed by atoms with Gasteiger partial charge in [0.05, 0.1) is 11.0 Å². The van der Waals surface area contributed by atoms with Crippen molar-refractivity contribution in [3.8, 4) is 0 Å². The highest BCUT2D eigenvalue weighted by Gasteiger charge is 2.09. The highest BCUT2D eigenvalue weighted by molar-refractivity contribution is 8.01. The summed E-state index contributed by atoms with van der Waals surface area (Å²) < 4.78 is 0. The third-order valence-corrected chi connectivity index (χ3v) is 2.06. The molecule has 0 fully saturated rings. The summed E-state index contributed by atoms with van der Waals surface area (Å²) in [4.78, 5) is 20.5. The number of amides is 2. The minimum absolute atomic E-state index is 0.143. The number of thioether (sulfide) groups is 1. The Balaban J connectivity index is 3.49. The van der Waals surface area contributed by atoms with Gasteiger partial charge in [-0.25, -0.2) is 0 Å². The molecule has 5 heteroatoms. The van der Waals surface area contributed by atoms with E-state index in [1.54, 1.807) is 6.92 Å². The molecule has 1 atom stereocenters. The Kier molecular flexibility index (Phi) is 3.87. The van der Waals surface area contributed by atoms with E-state index in [0.29, 0.717) is 0 Å². The Morgan fingerprint density at radius 2 is 2.00 bits per heavy atom. The summed E-state index contributed by atoms with van der Waals surface area (Å²) in [5, 5.41) is -0.340. The van der Waals surface area contributed by atoms with Crippen LogP contribution in [0.2, 0.25) is 0 Å². The summed E-state index contributed by atoms with van der Waals surface area (Å²) in [5.41, 5.74) is 9.74. The Labute approximate surface area is 63.3 Å². The average molecular weight is 162 g/mol. The second kappa shape index (κ2) is 4.16. The highest BCUT2D eigenvalue weighted by atomic mass is 32.2. The maximum Gasteiger partial charge on any atom is 0.230 e. The molecule has 58 valence electrons. The van der Waals surface area contributed by atoms with Gasteiger partial charge in [-0.05, 0) is 6.92 Å². The molecule has 0 saturated carbocycles. The third-order valence-electron chi connectivity index (χ3n) is 0.876. The van der Waals surface area contributed by atoms with E-state index in [1.807, 2.05) is 0 Å². The molecule has 0 spiro atoms. The summed E-state index contributed by atoms with van der Waals surface area (Å²) in [6.07, 6.45) is 0. The van der Waals surface area contributed by atoms with Crippen LogP contribution in [0.1, 0.15) is 6.92 Å². The number of carbonyl (C=O) groups is 2. The molecule has 0 bridgehead atoms. The van der Waals surface area contributed by atoms with Crippen LogP contribution in [0.3, 0.4) is 0 Å². The largest absolute Gasteiger partial charge is 0.369 e. The van der Waals surface area contributed by atoms with E-state index in [0.717, 1.165) is 11.8 Å². The van der Waals surface area contributed by atoms with Gasteiger partial charge in [0.2, 0.25) is 11.8 Å². The average Bonchev–Trinajstić information content (AvgIpc) is 1.82. The maximum absolute atomic E-state index is 10.4. The molecule has 10 heavy (non-hydrogen) atoms. The molecule has 0 aromatic rings. The second-order valence-electron chi connectivity index (χ2n) is 1.82. The lowest BCUT2D eigenvalue weighted by Gasteiger charge is -2.02. The first kappa shape index (κ1) is 9.29. The van der Waals surface area contributed by atoms with E-state index < -0.39 is 11.8 Å². The summed E-state index contributed by atoms with van der Waals surface area (Å²) in [7, 11) is 0. The van der Waals surface area contributed by atoms with Gasteiger partial charge in [-0.2, -0.15) is 0 Å². The van der Waals surface area contributed by atoms with Gasteiger partial charge in [0, 0.05) is 0 Å². The molecule has 0 heterocycles. The zero-order chi connectivity index (χ0) is 8.15. The van der Waals surface area contributed by atoms with E-state index in [2.05, 4.69) is 0 Å². The molecular formula is C5H10N2O2S. The van der Waals surface area contributed by atoms with Gasteiger partial charge >= 0.3 is 0 Å². The first-order chi connectivity index (χ1) is 4.54. The van der Waals surface area contributed by atoms with Crippen molar-refractivity contribution in [2.75, 3.05) is 5.75 Å². The molecule has 2 amide bonds. The topological polar surface area (TPSA) is 86.2 Å². The number of primary amides is 2. The van der Waals surface area contributed by atoms with Crippen LogP contribution in [0.4, 0.5) is 0 Å². The van der Waals surface area contributed by atoms with Gasteiger partial charge in [0.15, 0.2) is 0 Å². The van der Waals surface area contributed by atoms with E-state index >= 15 is 0 Å². The van der Waals surface area contributed by atoms with Crippen LogP contribution in [0.25, 0.3) is 0 Å². The summed E-state index contributed by atoms with van der Waals surface area (Å²) >= 11 is 1.14. The van der Waals surface area contributed by atoms with Crippen molar-refractivity contribution in [1.29, 1.82) is 0 Å². The van der Waals surface area contributed by atoms with E-state index in [4.69, 9.17) is 11.5 Å². The van der Waals surface area contributed by atoms with Crippen LogP contribution in [0.5, 0.6) is 0 Å². The van der Waals surface area contributed by atoms with Crippen molar-refractivity contribution < 1.29 is 9.59 Å². The minimum atomic E-state index is -0.432. The standard InChI is InChI=1S/C5H10N2O2S/c1-3(5(7)9)10-2-4(6)8/h3H,2H2,1H3,(H2,6,8)(H2,7,9). The molecule has 0 aliphatic rings. The lowest BCUT2D eigenvalue weighted by atomic mass is 10.5. The number of nitrogens with two attached hydrogens (primary N) is 2. The van der Waals surface area contributed by atoms with Crippen LogP contribution in [0.15, 0.2) is 0 Å². The van der Waals surface area contributed by atoms with Gasteiger partial charge in [-0.1, -0.05) is 0 Å². The van der Waals surface area contributed by atoms with Gasteiger partial charge in [-0.3, -0.25) is 9.59 Å². The minimum Gasteiger partial charge on any atom is -0.369 e. The molecule has 0 rings (SSSR count). The normalized spacial score (nSPS) is 12.5. The fraction of sp³-hybridized carbons (Fsp3) is 0.600. The van der Waals surface area contributed by atoms with Crippen molar-refractivity contribution in [1.82, 2.24) is 0 Å². The van der Waals surface area contributed by atoms with Crippen molar-refractivity contribution in [2.24, 2.45) is 11.5 Å². The smallest absolute Gasteiger partial charge is 0.230 e. The molecule has 0 aliphatic carbocycles. The van der Waals surface area contributed by atoms with Crippen LogP contribution < -0.4 is 11.5 Å². The Morgan fingerprint density at radius 3 is 2.30 bits per heavy atom. The molecule has 1 unspecified atom stereocenters. The van der Waals surface area contributed by atoms with Crippen LogP contribution >= 0.6 is 11.8 Å². The number of rotatable bonds is 4. The zero-order valence-electron chi connectivity index (χ0n) is 5.66. The van der Waals surface area contributed by atoms with Gasteiger partial charge < -0.3 is 11.5 Å². The van der Waals surface area contributed by atoms with E-state index in [9.17, 15) is 9.59 Å². The first-order valence-corrected chi connectivity index (χ1v) is 3.78. The molecular weight excluding hydrogens is 152 g/mol. The zero-order valence-corrected chi connectivity index (χ0v) is 6.48. The fourth-order valence-electron chi connectivity index (χ4n) is 0.289. The molecule has 0 aromatic heterocycles. The summed E-state index contributed by atoms with van der Waals surface area (Å²) in [6.45, 7) is 1.63. The van der Waals surface area contributed by atoms with Crippen molar-refractivity contribution in [3.63, 3.8) is 0 Å². The maximum atomic E-state index is 10.4. The Morgan fingerprint density at radius 1 is 1.50 bits per heavy atom. The Bertz CT molecular complexity index is 149. The monoisotopic (exact) mass is 162 g/mol. The van der Waals surface area contributed by atoms with Crippen LogP contribution in [-0.4, -0.2) is 22.8 Å². The quantitative estimate of drug-likeness (QED) is 0.560. The summed E-state index contributed by atoms with van der Waals surface area (Å²) in [6, 6.07) is 0. The van der Waals surface area contributed by atoms with Crippen molar-refractivity contribution in [3.05, 3.63) is 0 Å².